The highest BCUT2D eigenvalue weighted by molar-refractivity contribution is 6.06. The minimum absolute atomic E-state index is 0.109. The van der Waals surface area contributed by atoms with Crippen LogP contribution in [0.1, 0.15) is 34.8 Å². The number of carbonyl (C=O) groups excluding carboxylic acids is 1. The number of aliphatic hydroxyl groups excluding tert-OH is 1. The Morgan fingerprint density at radius 2 is 1.79 bits per heavy atom. The third-order valence-corrected chi connectivity index (χ3v) is 4.05. The smallest absolute Gasteiger partial charge is 0.252 e. The molecule has 2 aromatic carbocycles. The number of aromatic nitrogens is 1. The summed E-state index contributed by atoms with van der Waals surface area (Å²) in [6, 6.07) is 19.1. The Morgan fingerprint density at radius 1 is 1.04 bits per heavy atom. The molecule has 0 aliphatic carbocycles. The lowest BCUT2D eigenvalue weighted by atomic mass is 10.0. The number of hydrogen-bond acceptors (Lipinski definition) is 3. The number of amides is 1. The molecule has 0 aliphatic heterocycles. The lowest BCUT2D eigenvalue weighted by molar-refractivity contribution is 0.0934. The van der Waals surface area contributed by atoms with E-state index >= 15 is 0 Å². The van der Waals surface area contributed by atoms with Crippen LogP contribution >= 0.6 is 0 Å². The Kier molecular flexibility index (Phi) is 5.18. The average Bonchev–Trinajstić information content (AvgIpc) is 2.65. The molecule has 1 amide bonds. The highest BCUT2D eigenvalue weighted by Crippen LogP contribution is 2.21. The lowest BCUT2D eigenvalue weighted by Crippen LogP contribution is -2.29. The van der Waals surface area contributed by atoms with Crippen LogP contribution in [-0.2, 0) is 0 Å². The van der Waals surface area contributed by atoms with Crippen LogP contribution in [0.25, 0.3) is 10.9 Å². The molecule has 0 radical (unpaired) electrons. The molecule has 1 heterocycles. The van der Waals surface area contributed by atoms with E-state index in [0.717, 1.165) is 16.5 Å². The molecule has 1 aromatic heterocycles. The molecular weight excluding hydrogens is 300 g/mol. The predicted molar refractivity (Wildman–Crippen MR) is 94.7 cm³/mol. The highest BCUT2D eigenvalue weighted by atomic mass is 16.3. The first-order valence-corrected chi connectivity index (χ1v) is 8.10. The summed E-state index contributed by atoms with van der Waals surface area (Å²) in [6.45, 7) is 0.109. The first-order chi connectivity index (χ1) is 11.8. The van der Waals surface area contributed by atoms with Gasteiger partial charge in [-0.15, -0.1) is 0 Å². The molecule has 0 aliphatic rings. The molecule has 3 rings (SSSR count). The normalized spacial score (nSPS) is 12.0. The second-order valence-corrected chi connectivity index (χ2v) is 5.68. The molecule has 3 aromatic rings. The highest BCUT2D eigenvalue weighted by Gasteiger charge is 2.17. The van der Waals surface area contributed by atoms with Gasteiger partial charge in [-0.05, 0) is 30.5 Å². The fourth-order valence-electron chi connectivity index (χ4n) is 2.83. The third kappa shape index (κ3) is 3.60. The molecule has 24 heavy (non-hydrogen) atoms. The SMILES string of the molecule is O=C(NC(CCCO)c1ccccc1)c1ccnc2ccccc12. The number of rotatable bonds is 6. The van der Waals surface area contributed by atoms with Gasteiger partial charge in [0, 0.05) is 18.2 Å². The summed E-state index contributed by atoms with van der Waals surface area (Å²) in [5.41, 5.74) is 2.46. The van der Waals surface area contributed by atoms with Crippen LogP contribution in [0.2, 0.25) is 0 Å². The molecule has 1 atom stereocenters. The maximum Gasteiger partial charge on any atom is 0.252 e. The van der Waals surface area contributed by atoms with Crippen molar-refractivity contribution in [1.82, 2.24) is 10.3 Å². The number of nitrogens with one attached hydrogen (secondary N) is 1. The van der Waals surface area contributed by atoms with E-state index in [4.69, 9.17) is 5.11 Å². The average molecular weight is 320 g/mol. The van der Waals surface area contributed by atoms with Gasteiger partial charge in [0.2, 0.25) is 0 Å². The molecule has 0 spiro atoms. The van der Waals surface area contributed by atoms with Crippen LogP contribution in [-0.4, -0.2) is 22.6 Å². The van der Waals surface area contributed by atoms with Crippen LogP contribution < -0.4 is 5.32 Å². The summed E-state index contributed by atoms with van der Waals surface area (Å²) in [5, 5.41) is 13.1. The lowest BCUT2D eigenvalue weighted by Gasteiger charge is -2.19. The van der Waals surface area contributed by atoms with Crippen LogP contribution in [0.3, 0.4) is 0 Å². The molecular formula is C20H20N2O2. The zero-order valence-corrected chi connectivity index (χ0v) is 13.4. The van der Waals surface area contributed by atoms with Crippen molar-refractivity contribution in [3.8, 4) is 0 Å². The van der Waals surface area contributed by atoms with Crippen LogP contribution in [0.5, 0.6) is 0 Å². The first-order valence-electron chi connectivity index (χ1n) is 8.10. The summed E-state index contributed by atoms with van der Waals surface area (Å²) in [6.07, 6.45) is 2.98. The summed E-state index contributed by atoms with van der Waals surface area (Å²) in [5.74, 6) is -0.125. The van der Waals surface area contributed by atoms with Crippen LogP contribution in [0.4, 0.5) is 0 Å². The van der Waals surface area contributed by atoms with Crippen molar-refractivity contribution < 1.29 is 9.90 Å². The van der Waals surface area contributed by atoms with E-state index in [0.29, 0.717) is 18.4 Å². The van der Waals surface area contributed by atoms with E-state index in [1.54, 1.807) is 12.3 Å². The molecule has 0 bridgehead atoms. The van der Waals surface area contributed by atoms with Gasteiger partial charge in [-0.1, -0.05) is 48.5 Å². The van der Waals surface area contributed by atoms with Crippen molar-refractivity contribution in [3.05, 3.63) is 78.0 Å². The molecule has 0 saturated heterocycles. The fourth-order valence-corrected chi connectivity index (χ4v) is 2.83. The van der Waals surface area contributed by atoms with Crippen LogP contribution in [0, 0.1) is 0 Å². The summed E-state index contributed by atoms with van der Waals surface area (Å²) >= 11 is 0. The number of nitrogens with zero attached hydrogens (tertiary/aromatic N) is 1. The second-order valence-electron chi connectivity index (χ2n) is 5.68. The van der Waals surface area contributed by atoms with Crippen molar-refractivity contribution in [3.63, 3.8) is 0 Å². The molecule has 0 fully saturated rings. The Labute approximate surface area is 141 Å². The van der Waals surface area contributed by atoms with Crippen LogP contribution in [0.15, 0.2) is 66.9 Å². The van der Waals surface area contributed by atoms with E-state index in [-0.39, 0.29) is 18.6 Å². The van der Waals surface area contributed by atoms with Crippen molar-refractivity contribution in [2.24, 2.45) is 0 Å². The first kappa shape index (κ1) is 16.1. The summed E-state index contributed by atoms with van der Waals surface area (Å²) < 4.78 is 0. The maximum atomic E-state index is 12.8. The summed E-state index contributed by atoms with van der Waals surface area (Å²) in [7, 11) is 0. The molecule has 122 valence electrons. The number of aliphatic hydroxyl groups is 1. The van der Waals surface area contributed by atoms with Crippen molar-refractivity contribution in [2.75, 3.05) is 6.61 Å². The number of para-hydroxylation sites is 1. The number of pyridine rings is 1. The van der Waals surface area contributed by atoms with Gasteiger partial charge in [0.05, 0.1) is 17.1 Å². The second kappa shape index (κ2) is 7.70. The third-order valence-electron chi connectivity index (χ3n) is 4.05. The van der Waals surface area contributed by atoms with Crippen molar-refractivity contribution in [1.29, 1.82) is 0 Å². The fraction of sp³-hybridized carbons (Fsp3) is 0.200. The monoisotopic (exact) mass is 320 g/mol. The minimum Gasteiger partial charge on any atom is -0.396 e. The number of benzene rings is 2. The molecule has 0 saturated carbocycles. The largest absolute Gasteiger partial charge is 0.396 e. The molecule has 4 heteroatoms. The minimum atomic E-state index is -0.127. The number of carbonyl (C=O) groups is 1. The van der Waals surface area contributed by atoms with E-state index in [1.807, 2.05) is 54.6 Å². The predicted octanol–water partition coefficient (Wildman–Crippen LogP) is 3.48. The van der Waals surface area contributed by atoms with Gasteiger partial charge in [0.1, 0.15) is 0 Å². The Hall–Kier alpha value is -2.72. The zero-order valence-electron chi connectivity index (χ0n) is 13.4. The quantitative estimate of drug-likeness (QED) is 0.731. The van der Waals surface area contributed by atoms with E-state index < -0.39 is 0 Å². The standard InChI is InChI=1S/C20H20N2O2/c23-14-6-11-18(15-7-2-1-3-8-15)22-20(24)17-12-13-21-19-10-5-4-9-16(17)19/h1-5,7-10,12-13,18,23H,6,11,14H2,(H,22,24). The van der Waals surface area contributed by atoms with Gasteiger partial charge in [-0.2, -0.15) is 0 Å². The zero-order chi connectivity index (χ0) is 16.8. The summed E-state index contributed by atoms with van der Waals surface area (Å²) in [4.78, 5) is 17.1. The topological polar surface area (TPSA) is 62.2 Å². The van der Waals surface area contributed by atoms with Gasteiger partial charge < -0.3 is 10.4 Å². The van der Waals surface area contributed by atoms with Gasteiger partial charge in [0.15, 0.2) is 0 Å². The van der Waals surface area contributed by atoms with Gasteiger partial charge in [-0.25, -0.2) is 0 Å². The van der Waals surface area contributed by atoms with E-state index in [9.17, 15) is 4.79 Å². The molecule has 4 nitrogen and oxygen atoms in total. The van der Waals surface area contributed by atoms with E-state index in [2.05, 4.69) is 10.3 Å². The van der Waals surface area contributed by atoms with Gasteiger partial charge in [0.25, 0.3) is 5.91 Å². The number of fused-ring (bicyclic) bond motifs is 1. The number of hydrogen-bond donors (Lipinski definition) is 2. The molecule has 2 N–H and O–H groups in total. The molecule has 1 unspecified atom stereocenters. The van der Waals surface area contributed by atoms with Gasteiger partial charge in [-0.3, -0.25) is 9.78 Å². The Bertz CT molecular complexity index is 813. The maximum absolute atomic E-state index is 12.8. The Morgan fingerprint density at radius 3 is 2.58 bits per heavy atom. The van der Waals surface area contributed by atoms with Gasteiger partial charge >= 0.3 is 0 Å². The van der Waals surface area contributed by atoms with Crippen molar-refractivity contribution in [2.45, 2.75) is 18.9 Å². The van der Waals surface area contributed by atoms with Crippen molar-refractivity contribution >= 4 is 16.8 Å². The van der Waals surface area contributed by atoms with E-state index in [1.165, 1.54) is 0 Å². The Balaban J connectivity index is 1.87.